The van der Waals surface area contributed by atoms with Gasteiger partial charge < -0.3 is 0 Å². The molecule has 0 radical (unpaired) electrons. The van der Waals surface area contributed by atoms with Gasteiger partial charge >= 0.3 is 0 Å². The molecule has 0 saturated carbocycles. The number of rotatable bonds is 4. The molecule has 0 aliphatic carbocycles. The fourth-order valence-electron chi connectivity index (χ4n) is 2.70. The summed E-state index contributed by atoms with van der Waals surface area (Å²) < 4.78 is 14.4. The third-order valence-electron chi connectivity index (χ3n) is 4.32. The lowest BCUT2D eigenvalue weighted by molar-refractivity contribution is 0.102. The molecule has 6 nitrogen and oxygen atoms in total. The number of nitrogens with zero attached hydrogens (tertiary/aromatic N) is 3. The van der Waals surface area contributed by atoms with E-state index in [-0.39, 0.29) is 11.1 Å². The summed E-state index contributed by atoms with van der Waals surface area (Å²) >= 11 is 7.38. The van der Waals surface area contributed by atoms with Gasteiger partial charge in [-0.25, -0.2) is 9.37 Å². The molecule has 150 valence electrons. The standard InChI is InChI=1S/C21H14ClFN4O2S/c1-12-2-5-15(8-16(12)22)27-10-13(3-7-19(27)28)20(29)26-21-25-18(11-30-21)17-6-4-14(23)9-24-17/h2-11H,1H3,(H,25,26,29). The molecule has 3 heterocycles. The quantitative estimate of drug-likeness (QED) is 0.498. The van der Waals surface area contributed by atoms with Crippen molar-refractivity contribution in [2.45, 2.75) is 6.92 Å². The highest BCUT2D eigenvalue weighted by molar-refractivity contribution is 7.14. The minimum Gasteiger partial charge on any atom is -0.298 e. The van der Waals surface area contributed by atoms with Gasteiger partial charge in [-0.05, 0) is 42.8 Å². The first-order valence-electron chi connectivity index (χ1n) is 8.79. The lowest BCUT2D eigenvalue weighted by Crippen LogP contribution is -2.20. The van der Waals surface area contributed by atoms with Crippen LogP contribution >= 0.6 is 22.9 Å². The van der Waals surface area contributed by atoms with Crippen LogP contribution in [0.25, 0.3) is 17.1 Å². The van der Waals surface area contributed by atoms with Crippen molar-refractivity contribution in [3.63, 3.8) is 0 Å². The van der Waals surface area contributed by atoms with Crippen molar-refractivity contribution in [2.75, 3.05) is 5.32 Å². The van der Waals surface area contributed by atoms with Gasteiger partial charge in [-0.2, -0.15) is 0 Å². The number of hydrogen-bond donors (Lipinski definition) is 1. The topological polar surface area (TPSA) is 76.9 Å². The first-order chi connectivity index (χ1) is 14.4. The van der Waals surface area contributed by atoms with E-state index in [1.165, 1.54) is 46.4 Å². The second-order valence-electron chi connectivity index (χ2n) is 6.41. The van der Waals surface area contributed by atoms with E-state index >= 15 is 0 Å². The summed E-state index contributed by atoms with van der Waals surface area (Å²) in [6, 6.07) is 10.8. The maximum absolute atomic E-state index is 13.0. The van der Waals surface area contributed by atoms with Gasteiger partial charge in [0.05, 0.1) is 23.1 Å². The normalized spacial score (nSPS) is 10.8. The molecule has 1 N–H and O–H groups in total. The van der Waals surface area contributed by atoms with Crippen molar-refractivity contribution >= 4 is 34.0 Å². The van der Waals surface area contributed by atoms with Crippen LogP contribution in [0.15, 0.2) is 65.0 Å². The van der Waals surface area contributed by atoms with Crippen LogP contribution in [0.5, 0.6) is 0 Å². The van der Waals surface area contributed by atoms with Crippen LogP contribution < -0.4 is 10.9 Å². The molecule has 9 heteroatoms. The van der Waals surface area contributed by atoms with Crippen molar-refractivity contribution in [1.29, 1.82) is 0 Å². The smallest absolute Gasteiger partial charge is 0.258 e. The molecule has 0 aliphatic rings. The number of hydrogen-bond acceptors (Lipinski definition) is 5. The number of carbonyl (C=O) groups is 1. The average molecular weight is 441 g/mol. The minimum atomic E-state index is -0.438. The zero-order valence-corrected chi connectivity index (χ0v) is 17.2. The molecule has 0 fully saturated rings. The van der Waals surface area contributed by atoms with E-state index in [9.17, 15) is 14.0 Å². The highest BCUT2D eigenvalue weighted by Gasteiger charge is 2.13. The number of carbonyl (C=O) groups excluding carboxylic acids is 1. The molecule has 0 unspecified atom stereocenters. The fraction of sp³-hybridized carbons (Fsp3) is 0.0476. The van der Waals surface area contributed by atoms with E-state index in [1.807, 2.05) is 6.92 Å². The van der Waals surface area contributed by atoms with Crippen molar-refractivity contribution in [3.8, 4) is 17.1 Å². The Morgan fingerprint density at radius 2 is 2.00 bits per heavy atom. The number of pyridine rings is 2. The number of halogens is 2. The van der Waals surface area contributed by atoms with Crippen LogP contribution in [-0.2, 0) is 0 Å². The Morgan fingerprint density at radius 3 is 2.73 bits per heavy atom. The third-order valence-corrected chi connectivity index (χ3v) is 5.49. The number of anilines is 1. The Kier molecular flexibility index (Phi) is 5.43. The Labute approximate surface area is 179 Å². The molecule has 0 bridgehead atoms. The van der Waals surface area contributed by atoms with Crippen LogP contribution in [0.1, 0.15) is 15.9 Å². The highest BCUT2D eigenvalue weighted by Crippen LogP contribution is 2.24. The number of benzene rings is 1. The third kappa shape index (κ3) is 4.14. The van der Waals surface area contributed by atoms with Crippen molar-refractivity contribution in [3.05, 3.63) is 92.6 Å². The molecular formula is C21H14ClFN4O2S. The van der Waals surface area contributed by atoms with Gasteiger partial charge in [-0.1, -0.05) is 17.7 Å². The Balaban J connectivity index is 1.58. The zero-order chi connectivity index (χ0) is 21.3. The predicted octanol–water partition coefficient (Wildman–Crippen LogP) is 4.71. The summed E-state index contributed by atoms with van der Waals surface area (Å²) in [5, 5.41) is 5.30. The molecule has 30 heavy (non-hydrogen) atoms. The molecule has 4 rings (SSSR count). The van der Waals surface area contributed by atoms with Crippen molar-refractivity contribution in [2.24, 2.45) is 0 Å². The lowest BCUT2D eigenvalue weighted by Gasteiger charge is -2.09. The second-order valence-corrected chi connectivity index (χ2v) is 7.68. The Hall–Kier alpha value is -3.36. The summed E-state index contributed by atoms with van der Waals surface area (Å²) in [7, 11) is 0. The molecule has 0 saturated heterocycles. The van der Waals surface area contributed by atoms with E-state index in [0.29, 0.717) is 27.2 Å². The summed E-state index contributed by atoms with van der Waals surface area (Å²) in [6.07, 6.45) is 2.56. The van der Waals surface area contributed by atoms with Gasteiger partial charge in [0, 0.05) is 22.7 Å². The van der Waals surface area contributed by atoms with Crippen molar-refractivity contribution < 1.29 is 9.18 Å². The van der Waals surface area contributed by atoms with Crippen LogP contribution in [0.4, 0.5) is 9.52 Å². The van der Waals surface area contributed by atoms with Crippen LogP contribution in [0.3, 0.4) is 0 Å². The van der Waals surface area contributed by atoms with E-state index < -0.39 is 11.7 Å². The van der Waals surface area contributed by atoms with E-state index in [4.69, 9.17) is 11.6 Å². The lowest BCUT2D eigenvalue weighted by atomic mass is 10.2. The summed E-state index contributed by atoms with van der Waals surface area (Å²) in [5.41, 5.74) is 2.46. The summed E-state index contributed by atoms with van der Waals surface area (Å²) in [5.74, 6) is -0.859. The maximum atomic E-state index is 13.0. The first kappa shape index (κ1) is 19.9. The molecule has 0 aliphatic heterocycles. The van der Waals surface area contributed by atoms with E-state index in [2.05, 4.69) is 15.3 Å². The monoisotopic (exact) mass is 440 g/mol. The molecule has 1 aromatic carbocycles. The number of thiazole rings is 1. The van der Waals surface area contributed by atoms with Gasteiger partial charge in [0.1, 0.15) is 11.5 Å². The molecule has 0 spiro atoms. The number of nitrogens with one attached hydrogen (secondary N) is 1. The maximum Gasteiger partial charge on any atom is 0.258 e. The van der Waals surface area contributed by atoms with Gasteiger partial charge in [0.25, 0.3) is 11.5 Å². The van der Waals surface area contributed by atoms with Crippen LogP contribution in [0.2, 0.25) is 5.02 Å². The summed E-state index contributed by atoms with van der Waals surface area (Å²) in [6.45, 7) is 1.86. The number of aromatic nitrogens is 3. The molecule has 1 amide bonds. The number of aryl methyl sites for hydroxylation is 1. The van der Waals surface area contributed by atoms with Gasteiger partial charge in [-0.3, -0.25) is 24.5 Å². The zero-order valence-electron chi connectivity index (χ0n) is 15.6. The minimum absolute atomic E-state index is 0.281. The predicted molar refractivity (Wildman–Crippen MR) is 115 cm³/mol. The van der Waals surface area contributed by atoms with Gasteiger partial charge in [-0.15, -0.1) is 11.3 Å². The first-order valence-corrected chi connectivity index (χ1v) is 10.0. The Bertz CT molecular complexity index is 1300. The molecular weight excluding hydrogens is 427 g/mol. The van der Waals surface area contributed by atoms with E-state index in [1.54, 1.807) is 23.6 Å². The number of amides is 1. The van der Waals surface area contributed by atoms with Gasteiger partial charge in [0.15, 0.2) is 5.13 Å². The second kappa shape index (κ2) is 8.17. The fourth-order valence-corrected chi connectivity index (χ4v) is 3.57. The molecule has 0 atom stereocenters. The van der Waals surface area contributed by atoms with Gasteiger partial charge in [0.2, 0.25) is 0 Å². The highest BCUT2D eigenvalue weighted by atomic mass is 35.5. The Morgan fingerprint density at radius 1 is 1.17 bits per heavy atom. The van der Waals surface area contributed by atoms with Crippen LogP contribution in [0, 0.1) is 12.7 Å². The average Bonchev–Trinajstić information content (AvgIpc) is 3.19. The van der Waals surface area contributed by atoms with E-state index in [0.717, 1.165) is 11.8 Å². The summed E-state index contributed by atoms with van der Waals surface area (Å²) in [4.78, 5) is 33.2. The largest absolute Gasteiger partial charge is 0.298 e. The van der Waals surface area contributed by atoms with Crippen molar-refractivity contribution in [1.82, 2.24) is 14.5 Å². The van der Waals surface area contributed by atoms with Crippen LogP contribution in [-0.4, -0.2) is 20.4 Å². The SMILES string of the molecule is Cc1ccc(-n2cc(C(=O)Nc3nc(-c4ccc(F)cn4)cs3)ccc2=O)cc1Cl. The molecule has 3 aromatic heterocycles. The molecule has 4 aromatic rings.